The summed E-state index contributed by atoms with van der Waals surface area (Å²) in [5.41, 5.74) is 0. The molecule has 0 amide bonds. The molecule has 0 fully saturated rings. The lowest BCUT2D eigenvalue weighted by Gasteiger charge is -2.06. The summed E-state index contributed by atoms with van der Waals surface area (Å²) in [7, 11) is 0. The van der Waals surface area contributed by atoms with Crippen LogP contribution in [0.2, 0.25) is 0 Å². The molecule has 0 aliphatic rings. The standard InChI is InChI=1S/C28H54O3S/c1-2-3-4-5-6-7-9-12-15-18-21-24-27(29)31-26-23-20-17-14-11-8-10-13-16-19-22-25-28(30)32/h2-26H2,1H3,(H,30,32). The van der Waals surface area contributed by atoms with E-state index >= 15 is 0 Å². The van der Waals surface area contributed by atoms with Crippen molar-refractivity contribution in [1.82, 2.24) is 0 Å². The van der Waals surface area contributed by atoms with Crippen LogP contribution in [0.4, 0.5) is 0 Å². The van der Waals surface area contributed by atoms with Crippen LogP contribution in [-0.4, -0.2) is 17.7 Å². The molecule has 190 valence electrons. The van der Waals surface area contributed by atoms with Gasteiger partial charge in [-0.15, -0.1) is 12.6 Å². The normalized spacial score (nSPS) is 11.1. The Morgan fingerprint density at radius 2 is 0.844 bits per heavy atom. The third kappa shape index (κ3) is 27.5. The number of carbonyl (C=O) groups is 2. The van der Waals surface area contributed by atoms with Crippen molar-refractivity contribution in [3.8, 4) is 0 Å². The number of hydrogen-bond donors (Lipinski definition) is 1. The number of esters is 1. The maximum absolute atomic E-state index is 11.8. The molecular weight excluding hydrogens is 416 g/mol. The van der Waals surface area contributed by atoms with E-state index in [1.807, 2.05) is 0 Å². The SMILES string of the molecule is CCCCCCCCCCCCCC(=O)OCCCCCCCCCCCCCC(=O)S. The zero-order valence-electron chi connectivity index (χ0n) is 21.3. The van der Waals surface area contributed by atoms with Gasteiger partial charge in [0.05, 0.1) is 6.61 Å². The lowest BCUT2D eigenvalue weighted by molar-refractivity contribution is -0.143. The van der Waals surface area contributed by atoms with Crippen LogP contribution in [-0.2, 0) is 14.3 Å². The van der Waals surface area contributed by atoms with Gasteiger partial charge in [-0.2, -0.15) is 0 Å². The average molecular weight is 471 g/mol. The van der Waals surface area contributed by atoms with Crippen LogP contribution in [0, 0.1) is 0 Å². The van der Waals surface area contributed by atoms with Crippen LogP contribution in [0.15, 0.2) is 0 Å². The highest BCUT2D eigenvalue weighted by molar-refractivity contribution is 7.96. The molecule has 4 heteroatoms. The molecule has 0 bridgehead atoms. The second kappa shape index (κ2) is 26.7. The van der Waals surface area contributed by atoms with Gasteiger partial charge < -0.3 is 4.74 Å². The van der Waals surface area contributed by atoms with Crippen molar-refractivity contribution >= 4 is 23.7 Å². The van der Waals surface area contributed by atoms with Crippen LogP contribution in [0.25, 0.3) is 0 Å². The van der Waals surface area contributed by atoms with Gasteiger partial charge in [0, 0.05) is 12.8 Å². The number of ether oxygens (including phenoxy) is 1. The van der Waals surface area contributed by atoms with E-state index in [9.17, 15) is 9.59 Å². The third-order valence-electron chi connectivity index (χ3n) is 6.28. The number of unbranched alkanes of at least 4 members (excludes halogenated alkanes) is 20. The molecule has 0 aromatic carbocycles. The van der Waals surface area contributed by atoms with E-state index in [0.717, 1.165) is 25.7 Å². The molecule has 0 aliphatic heterocycles. The lowest BCUT2D eigenvalue weighted by atomic mass is 10.1. The zero-order chi connectivity index (χ0) is 23.5. The zero-order valence-corrected chi connectivity index (χ0v) is 22.2. The van der Waals surface area contributed by atoms with Gasteiger partial charge in [0.25, 0.3) is 0 Å². The fraction of sp³-hybridized carbons (Fsp3) is 0.929. The predicted molar refractivity (Wildman–Crippen MR) is 141 cm³/mol. The molecule has 32 heavy (non-hydrogen) atoms. The predicted octanol–water partition coefficient (Wildman–Crippen LogP) is 9.37. The first-order valence-electron chi connectivity index (χ1n) is 14.0. The fourth-order valence-electron chi connectivity index (χ4n) is 4.16. The van der Waals surface area contributed by atoms with Gasteiger partial charge in [-0.3, -0.25) is 9.59 Å². The molecule has 0 aromatic heterocycles. The first kappa shape index (κ1) is 31.5. The van der Waals surface area contributed by atoms with Gasteiger partial charge in [-0.05, 0) is 19.3 Å². The van der Waals surface area contributed by atoms with Crippen LogP contribution in [0.3, 0.4) is 0 Å². The molecule has 3 nitrogen and oxygen atoms in total. The highest BCUT2D eigenvalue weighted by Gasteiger charge is 2.02. The Morgan fingerprint density at radius 3 is 1.25 bits per heavy atom. The van der Waals surface area contributed by atoms with E-state index in [4.69, 9.17) is 4.74 Å². The van der Waals surface area contributed by atoms with Crippen LogP contribution in [0.5, 0.6) is 0 Å². The first-order chi connectivity index (χ1) is 15.7. The number of rotatable bonds is 26. The number of hydrogen-bond acceptors (Lipinski definition) is 3. The van der Waals surface area contributed by atoms with Crippen molar-refractivity contribution in [3.05, 3.63) is 0 Å². The van der Waals surface area contributed by atoms with Crippen molar-refractivity contribution in [2.75, 3.05) is 6.61 Å². The molecule has 0 radical (unpaired) electrons. The van der Waals surface area contributed by atoms with E-state index < -0.39 is 0 Å². The van der Waals surface area contributed by atoms with Crippen LogP contribution < -0.4 is 0 Å². The monoisotopic (exact) mass is 470 g/mol. The van der Waals surface area contributed by atoms with E-state index in [1.165, 1.54) is 116 Å². The third-order valence-corrected chi connectivity index (χ3v) is 6.51. The summed E-state index contributed by atoms with van der Waals surface area (Å²) in [4.78, 5) is 22.5. The molecule has 0 heterocycles. The van der Waals surface area contributed by atoms with Gasteiger partial charge in [0.2, 0.25) is 0 Å². The van der Waals surface area contributed by atoms with Crippen molar-refractivity contribution < 1.29 is 14.3 Å². The minimum Gasteiger partial charge on any atom is -0.466 e. The van der Waals surface area contributed by atoms with Gasteiger partial charge in [0.15, 0.2) is 5.12 Å². The highest BCUT2D eigenvalue weighted by Crippen LogP contribution is 2.14. The van der Waals surface area contributed by atoms with Gasteiger partial charge >= 0.3 is 5.97 Å². The summed E-state index contributed by atoms with van der Waals surface area (Å²) in [6, 6.07) is 0. The summed E-state index contributed by atoms with van der Waals surface area (Å²) in [5, 5.41) is 0.0177. The van der Waals surface area contributed by atoms with E-state index in [0.29, 0.717) is 19.4 Å². The largest absolute Gasteiger partial charge is 0.466 e. The molecule has 0 rings (SSSR count). The topological polar surface area (TPSA) is 43.4 Å². The minimum atomic E-state index is -0.000315. The Bertz CT molecular complexity index is 411. The van der Waals surface area contributed by atoms with E-state index in [-0.39, 0.29) is 11.1 Å². The maximum atomic E-state index is 11.8. The molecule has 0 spiro atoms. The highest BCUT2D eigenvalue weighted by atomic mass is 32.1. The van der Waals surface area contributed by atoms with Crippen LogP contribution >= 0.6 is 12.6 Å². The Hall–Kier alpha value is -0.510. The lowest BCUT2D eigenvalue weighted by Crippen LogP contribution is -2.05. The molecule has 0 N–H and O–H groups in total. The van der Waals surface area contributed by atoms with E-state index in [2.05, 4.69) is 19.6 Å². The first-order valence-corrected chi connectivity index (χ1v) is 14.5. The average Bonchev–Trinajstić information content (AvgIpc) is 2.77. The molecule has 0 atom stereocenters. The Kier molecular flexibility index (Phi) is 26.3. The summed E-state index contributed by atoms with van der Waals surface area (Å²) >= 11 is 3.79. The summed E-state index contributed by atoms with van der Waals surface area (Å²) in [5.74, 6) is -0.000315. The Balaban J connectivity index is 3.15. The Labute approximate surface area is 205 Å². The van der Waals surface area contributed by atoms with Crippen molar-refractivity contribution in [1.29, 1.82) is 0 Å². The summed E-state index contributed by atoms with van der Waals surface area (Å²) in [6.07, 6.45) is 29.0. The van der Waals surface area contributed by atoms with Crippen LogP contribution in [0.1, 0.15) is 161 Å². The fourth-order valence-corrected chi connectivity index (χ4v) is 4.32. The number of carbonyl (C=O) groups excluding carboxylic acids is 2. The molecule has 0 saturated heterocycles. The molecule has 0 aromatic rings. The van der Waals surface area contributed by atoms with Gasteiger partial charge in [-0.1, -0.05) is 129 Å². The van der Waals surface area contributed by atoms with E-state index in [1.54, 1.807) is 0 Å². The summed E-state index contributed by atoms with van der Waals surface area (Å²) in [6.45, 7) is 2.87. The maximum Gasteiger partial charge on any atom is 0.305 e. The van der Waals surface area contributed by atoms with Gasteiger partial charge in [0.1, 0.15) is 0 Å². The summed E-state index contributed by atoms with van der Waals surface area (Å²) < 4.78 is 5.38. The Morgan fingerprint density at radius 1 is 0.500 bits per heavy atom. The molecular formula is C28H54O3S. The molecule has 0 unspecified atom stereocenters. The second-order valence-corrected chi connectivity index (χ2v) is 10.0. The molecule has 0 aliphatic carbocycles. The van der Waals surface area contributed by atoms with Crippen molar-refractivity contribution in [2.24, 2.45) is 0 Å². The number of thiol groups is 1. The van der Waals surface area contributed by atoms with Gasteiger partial charge in [-0.25, -0.2) is 0 Å². The minimum absolute atomic E-state index is 0.000315. The second-order valence-electron chi connectivity index (χ2n) is 9.54. The quantitative estimate of drug-likeness (QED) is 0.0777. The van der Waals surface area contributed by atoms with Crippen molar-refractivity contribution in [3.63, 3.8) is 0 Å². The molecule has 0 saturated carbocycles. The smallest absolute Gasteiger partial charge is 0.305 e. The van der Waals surface area contributed by atoms with Crippen molar-refractivity contribution in [2.45, 2.75) is 161 Å².